The molecule has 34 heavy (non-hydrogen) atoms. The van der Waals surface area contributed by atoms with Gasteiger partial charge >= 0.3 is 6.18 Å². The van der Waals surface area contributed by atoms with Gasteiger partial charge in [0, 0.05) is 18.0 Å². The van der Waals surface area contributed by atoms with E-state index < -0.39 is 17.8 Å². The number of halogens is 4. The SMILES string of the molecule is Cc1cc(C(F)(F)F)n2nc(C(=O)Nc3ccn(Cc4cccc5ccccc45)n3)c(Cl)c2n1. The number of aryl methyl sites for hydroxylation is 1. The molecule has 7 nitrogen and oxygen atoms in total. The van der Waals surface area contributed by atoms with Crippen LogP contribution in [-0.2, 0) is 12.7 Å². The first-order valence-corrected chi connectivity index (χ1v) is 10.5. The maximum Gasteiger partial charge on any atom is 0.433 e. The number of rotatable bonds is 4. The van der Waals surface area contributed by atoms with Gasteiger partial charge < -0.3 is 5.32 Å². The van der Waals surface area contributed by atoms with Crippen molar-refractivity contribution in [3.63, 3.8) is 0 Å². The number of aromatic nitrogens is 5. The molecule has 0 saturated carbocycles. The standard InChI is InChI=1S/C23H16ClF3N6O/c1-13-11-17(23(25,26)27)33-21(28-13)19(24)20(31-33)22(34)29-18-9-10-32(30-18)12-15-7-4-6-14-5-2-3-8-16(14)15/h2-11H,12H2,1H3,(H,29,30,34). The highest BCUT2D eigenvalue weighted by atomic mass is 35.5. The van der Waals surface area contributed by atoms with Crippen LogP contribution in [0.3, 0.4) is 0 Å². The van der Waals surface area contributed by atoms with Crippen molar-refractivity contribution >= 4 is 39.7 Å². The Labute approximate surface area is 195 Å². The number of hydrogen-bond donors (Lipinski definition) is 1. The summed E-state index contributed by atoms with van der Waals surface area (Å²) in [6.45, 7) is 1.87. The monoisotopic (exact) mass is 484 g/mol. The van der Waals surface area contributed by atoms with Crippen LogP contribution < -0.4 is 5.32 Å². The highest BCUT2D eigenvalue weighted by Crippen LogP contribution is 2.32. The van der Waals surface area contributed by atoms with Crippen molar-refractivity contribution in [2.24, 2.45) is 0 Å². The maximum atomic E-state index is 13.4. The Hall–Kier alpha value is -3.92. The lowest BCUT2D eigenvalue weighted by Crippen LogP contribution is -2.16. The van der Waals surface area contributed by atoms with E-state index in [0.29, 0.717) is 11.1 Å². The Morgan fingerprint density at radius 2 is 1.85 bits per heavy atom. The fraction of sp³-hybridized carbons (Fsp3) is 0.130. The van der Waals surface area contributed by atoms with Gasteiger partial charge in [-0.05, 0) is 29.3 Å². The molecule has 5 aromatic rings. The summed E-state index contributed by atoms with van der Waals surface area (Å²) >= 11 is 6.18. The molecule has 0 radical (unpaired) electrons. The highest BCUT2D eigenvalue weighted by Gasteiger charge is 2.36. The molecule has 0 saturated heterocycles. The van der Waals surface area contributed by atoms with Crippen LogP contribution in [-0.4, -0.2) is 30.3 Å². The summed E-state index contributed by atoms with van der Waals surface area (Å²) in [5.41, 5.74) is -0.561. The molecule has 1 amide bonds. The zero-order valence-corrected chi connectivity index (χ0v) is 18.4. The molecule has 0 spiro atoms. The summed E-state index contributed by atoms with van der Waals surface area (Å²) in [6.07, 6.45) is -3.01. The van der Waals surface area contributed by atoms with E-state index in [1.807, 2.05) is 42.5 Å². The van der Waals surface area contributed by atoms with Gasteiger partial charge in [0.05, 0.1) is 6.54 Å². The zero-order valence-electron chi connectivity index (χ0n) is 17.6. The highest BCUT2D eigenvalue weighted by molar-refractivity contribution is 6.37. The average Bonchev–Trinajstić information content (AvgIpc) is 3.37. The molecule has 2 aromatic carbocycles. The van der Waals surface area contributed by atoms with Gasteiger partial charge in [0.25, 0.3) is 5.91 Å². The van der Waals surface area contributed by atoms with E-state index in [-0.39, 0.29) is 27.9 Å². The molecule has 11 heteroatoms. The minimum atomic E-state index is -4.70. The van der Waals surface area contributed by atoms with Crippen LogP contribution in [0, 0.1) is 6.92 Å². The van der Waals surface area contributed by atoms with Gasteiger partial charge in [0.15, 0.2) is 17.2 Å². The number of carbonyl (C=O) groups excluding carboxylic acids is 1. The largest absolute Gasteiger partial charge is 0.433 e. The fourth-order valence-electron chi connectivity index (χ4n) is 3.76. The number of fused-ring (bicyclic) bond motifs is 2. The summed E-state index contributed by atoms with van der Waals surface area (Å²) in [4.78, 5) is 16.8. The van der Waals surface area contributed by atoms with Crippen molar-refractivity contribution in [1.82, 2.24) is 24.4 Å². The second kappa shape index (κ2) is 8.14. The molecule has 0 aliphatic carbocycles. The van der Waals surface area contributed by atoms with Gasteiger partial charge in [-0.25, -0.2) is 9.50 Å². The fourth-order valence-corrected chi connectivity index (χ4v) is 4.00. The molecule has 3 heterocycles. The first-order chi connectivity index (χ1) is 16.2. The topological polar surface area (TPSA) is 77.1 Å². The van der Waals surface area contributed by atoms with Gasteiger partial charge in [0.2, 0.25) is 0 Å². The summed E-state index contributed by atoms with van der Waals surface area (Å²) in [5, 5.41) is 12.6. The van der Waals surface area contributed by atoms with E-state index >= 15 is 0 Å². The third-order valence-corrected chi connectivity index (χ3v) is 5.61. The molecule has 172 valence electrons. The predicted octanol–water partition coefficient (Wildman–Crippen LogP) is 5.36. The van der Waals surface area contributed by atoms with E-state index in [2.05, 4.69) is 20.5 Å². The van der Waals surface area contributed by atoms with Crippen molar-refractivity contribution in [2.75, 3.05) is 5.32 Å². The lowest BCUT2D eigenvalue weighted by Gasteiger charge is -2.09. The first-order valence-electron chi connectivity index (χ1n) is 10.2. The number of benzene rings is 2. The lowest BCUT2D eigenvalue weighted by molar-refractivity contribution is -0.142. The molecular formula is C23H16ClF3N6O. The second-order valence-corrected chi connectivity index (χ2v) is 8.05. The quantitative estimate of drug-likeness (QED) is 0.372. The van der Waals surface area contributed by atoms with Gasteiger partial charge in [-0.3, -0.25) is 9.48 Å². The minimum absolute atomic E-state index is 0.0979. The third-order valence-electron chi connectivity index (χ3n) is 5.26. The Morgan fingerprint density at radius 3 is 2.65 bits per heavy atom. The van der Waals surface area contributed by atoms with Crippen LogP contribution in [0.5, 0.6) is 0 Å². The number of carbonyl (C=O) groups is 1. The van der Waals surface area contributed by atoms with Crippen LogP contribution in [0.4, 0.5) is 19.0 Å². The second-order valence-electron chi connectivity index (χ2n) is 7.67. The summed E-state index contributed by atoms with van der Waals surface area (Å²) in [7, 11) is 0. The smallest absolute Gasteiger partial charge is 0.304 e. The van der Waals surface area contributed by atoms with Crippen molar-refractivity contribution < 1.29 is 18.0 Å². The summed E-state index contributed by atoms with van der Waals surface area (Å²) in [6, 6.07) is 16.4. The van der Waals surface area contributed by atoms with Crippen LogP contribution in [0.1, 0.15) is 27.4 Å². The molecule has 0 aliphatic heterocycles. The van der Waals surface area contributed by atoms with E-state index in [1.165, 1.54) is 6.92 Å². The molecule has 3 aromatic heterocycles. The number of hydrogen-bond acceptors (Lipinski definition) is 4. The van der Waals surface area contributed by atoms with Crippen LogP contribution in [0.25, 0.3) is 16.4 Å². The van der Waals surface area contributed by atoms with Crippen molar-refractivity contribution in [3.05, 3.63) is 88.5 Å². The normalized spacial score (nSPS) is 11.9. The molecule has 0 atom stereocenters. The van der Waals surface area contributed by atoms with Crippen molar-refractivity contribution in [3.8, 4) is 0 Å². The zero-order chi connectivity index (χ0) is 24.0. The summed E-state index contributed by atoms with van der Waals surface area (Å²) in [5.74, 6) is -0.588. The molecule has 1 N–H and O–H groups in total. The minimum Gasteiger partial charge on any atom is -0.304 e. The Balaban J connectivity index is 1.41. The Kier molecular flexibility index (Phi) is 5.24. The number of amides is 1. The van der Waals surface area contributed by atoms with E-state index in [4.69, 9.17) is 11.6 Å². The maximum absolute atomic E-state index is 13.4. The van der Waals surface area contributed by atoms with Gasteiger partial charge in [-0.1, -0.05) is 54.1 Å². The first kappa shape index (κ1) is 21.9. The summed E-state index contributed by atoms with van der Waals surface area (Å²) < 4.78 is 42.4. The molecular weight excluding hydrogens is 469 g/mol. The Morgan fingerprint density at radius 1 is 1.09 bits per heavy atom. The van der Waals surface area contributed by atoms with E-state index in [0.717, 1.165) is 22.4 Å². The molecule has 5 rings (SSSR count). The molecule has 0 aliphatic rings. The number of nitrogens with one attached hydrogen (secondary N) is 1. The van der Waals surface area contributed by atoms with Crippen LogP contribution in [0.2, 0.25) is 5.02 Å². The number of anilines is 1. The van der Waals surface area contributed by atoms with Crippen LogP contribution >= 0.6 is 11.6 Å². The van der Waals surface area contributed by atoms with Gasteiger partial charge in [-0.2, -0.15) is 23.4 Å². The number of alkyl halides is 3. The molecule has 0 unspecified atom stereocenters. The van der Waals surface area contributed by atoms with Gasteiger partial charge in [-0.15, -0.1) is 0 Å². The number of nitrogens with zero attached hydrogens (tertiary/aromatic N) is 5. The van der Waals surface area contributed by atoms with Gasteiger partial charge in [0.1, 0.15) is 10.7 Å². The van der Waals surface area contributed by atoms with Crippen molar-refractivity contribution in [2.45, 2.75) is 19.6 Å². The van der Waals surface area contributed by atoms with Crippen LogP contribution in [0.15, 0.2) is 60.8 Å². The third kappa shape index (κ3) is 3.96. The lowest BCUT2D eigenvalue weighted by atomic mass is 10.0. The van der Waals surface area contributed by atoms with E-state index in [1.54, 1.807) is 16.9 Å². The van der Waals surface area contributed by atoms with Crippen molar-refractivity contribution in [1.29, 1.82) is 0 Å². The molecule has 0 bridgehead atoms. The average molecular weight is 485 g/mol. The predicted molar refractivity (Wildman–Crippen MR) is 121 cm³/mol. The van der Waals surface area contributed by atoms with E-state index in [9.17, 15) is 18.0 Å². The Bertz CT molecular complexity index is 1550. The molecule has 0 fully saturated rings.